The van der Waals surface area contributed by atoms with Crippen LogP contribution in [-0.4, -0.2) is 32.2 Å². The molecule has 0 aliphatic heterocycles. The van der Waals surface area contributed by atoms with Gasteiger partial charge in [-0.3, -0.25) is 5.32 Å². The Morgan fingerprint density at radius 1 is 1.17 bits per heavy atom. The summed E-state index contributed by atoms with van der Waals surface area (Å²) in [4.78, 5) is 11.3. The summed E-state index contributed by atoms with van der Waals surface area (Å²) in [5, 5.41) is 23.0. The topological polar surface area (TPSA) is 92.1 Å². The van der Waals surface area contributed by atoms with Crippen molar-refractivity contribution in [2.45, 2.75) is 38.1 Å². The van der Waals surface area contributed by atoms with E-state index in [1.807, 2.05) is 13.0 Å². The number of alkyl halides is 3. The maximum absolute atomic E-state index is 12.7. The Hall–Kier alpha value is -3.30. The number of anilines is 1. The summed E-state index contributed by atoms with van der Waals surface area (Å²) in [6.07, 6.45) is -5.37. The Morgan fingerprint density at radius 3 is 2.48 bits per heavy atom. The van der Waals surface area contributed by atoms with Crippen molar-refractivity contribution in [3.63, 3.8) is 0 Å². The standard InChI is InChI=1S/C19H20F3N5O2/c1-2-13(23-14-9-7-12(8-10-14)19(20,21)22)11-17(24-18(28)29)27-16-6-4-3-5-15(16)25-26-27/h3-10,13,17,23-24H,2,11H2,1H3,(H,28,29)/t13-,17?/m1/s1. The van der Waals surface area contributed by atoms with Crippen LogP contribution in [0.3, 0.4) is 0 Å². The van der Waals surface area contributed by atoms with Crippen molar-refractivity contribution >= 4 is 22.8 Å². The zero-order chi connectivity index (χ0) is 21.0. The van der Waals surface area contributed by atoms with Gasteiger partial charge in [-0.2, -0.15) is 13.2 Å². The van der Waals surface area contributed by atoms with Crippen molar-refractivity contribution in [2.24, 2.45) is 0 Å². The van der Waals surface area contributed by atoms with Gasteiger partial charge in [-0.1, -0.05) is 24.3 Å². The first kappa shape index (κ1) is 20.4. The summed E-state index contributed by atoms with van der Waals surface area (Å²) in [7, 11) is 0. The van der Waals surface area contributed by atoms with E-state index in [4.69, 9.17) is 0 Å². The Labute approximate surface area is 164 Å². The van der Waals surface area contributed by atoms with Crippen molar-refractivity contribution in [1.29, 1.82) is 0 Å². The van der Waals surface area contributed by atoms with E-state index in [9.17, 15) is 23.1 Å². The Kier molecular flexibility index (Phi) is 5.90. The van der Waals surface area contributed by atoms with Crippen LogP contribution in [0.15, 0.2) is 48.5 Å². The fourth-order valence-corrected chi connectivity index (χ4v) is 3.07. The largest absolute Gasteiger partial charge is 0.465 e. The van der Waals surface area contributed by atoms with Crippen LogP contribution in [0.25, 0.3) is 11.0 Å². The van der Waals surface area contributed by atoms with Crippen LogP contribution in [0.5, 0.6) is 0 Å². The molecular weight excluding hydrogens is 387 g/mol. The average Bonchev–Trinajstić information content (AvgIpc) is 3.10. The molecule has 1 aromatic heterocycles. The highest BCUT2D eigenvalue weighted by atomic mass is 19.4. The van der Waals surface area contributed by atoms with E-state index in [0.717, 1.165) is 12.1 Å². The normalized spacial score (nSPS) is 13.8. The maximum Gasteiger partial charge on any atom is 0.416 e. The molecule has 2 atom stereocenters. The lowest BCUT2D eigenvalue weighted by atomic mass is 10.1. The summed E-state index contributed by atoms with van der Waals surface area (Å²) in [6.45, 7) is 1.90. The van der Waals surface area contributed by atoms with Gasteiger partial charge < -0.3 is 10.4 Å². The summed E-state index contributed by atoms with van der Waals surface area (Å²) in [5.74, 6) is 0. The van der Waals surface area contributed by atoms with E-state index in [1.54, 1.807) is 18.2 Å². The van der Waals surface area contributed by atoms with Crippen molar-refractivity contribution in [2.75, 3.05) is 5.32 Å². The quantitative estimate of drug-likeness (QED) is 0.536. The first-order chi connectivity index (χ1) is 13.8. The van der Waals surface area contributed by atoms with Crippen LogP contribution in [0, 0.1) is 0 Å². The molecule has 0 fully saturated rings. The summed E-state index contributed by atoms with van der Waals surface area (Å²) < 4.78 is 39.7. The van der Waals surface area contributed by atoms with Gasteiger partial charge in [0.1, 0.15) is 11.7 Å². The van der Waals surface area contributed by atoms with E-state index in [2.05, 4.69) is 20.9 Å². The Morgan fingerprint density at radius 2 is 1.86 bits per heavy atom. The number of benzene rings is 2. The molecule has 0 saturated carbocycles. The van der Waals surface area contributed by atoms with Gasteiger partial charge in [0.05, 0.1) is 11.1 Å². The Bertz CT molecular complexity index is 972. The van der Waals surface area contributed by atoms with Crippen molar-refractivity contribution in [3.05, 3.63) is 54.1 Å². The molecule has 10 heteroatoms. The van der Waals surface area contributed by atoms with Gasteiger partial charge in [-0.25, -0.2) is 9.48 Å². The number of para-hydroxylation sites is 1. The number of carboxylic acid groups (broad SMARTS) is 1. The van der Waals surface area contributed by atoms with Gasteiger partial charge in [-0.05, 0) is 42.8 Å². The lowest BCUT2D eigenvalue weighted by molar-refractivity contribution is -0.137. The van der Waals surface area contributed by atoms with E-state index in [0.29, 0.717) is 29.6 Å². The summed E-state index contributed by atoms with van der Waals surface area (Å²) >= 11 is 0. The number of hydrogen-bond donors (Lipinski definition) is 3. The van der Waals surface area contributed by atoms with Gasteiger partial charge in [0.15, 0.2) is 0 Å². The second-order valence-corrected chi connectivity index (χ2v) is 6.55. The SMILES string of the molecule is CC[C@H](CC(NC(=O)O)n1nnc2ccccc21)Nc1ccc(C(F)(F)F)cc1. The van der Waals surface area contributed by atoms with E-state index in [1.165, 1.54) is 16.8 Å². The van der Waals surface area contributed by atoms with Crippen LogP contribution >= 0.6 is 0 Å². The molecule has 154 valence electrons. The fraction of sp³-hybridized carbons (Fsp3) is 0.316. The molecule has 0 bridgehead atoms. The van der Waals surface area contributed by atoms with Gasteiger partial charge >= 0.3 is 12.3 Å². The number of amides is 1. The van der Waals surface area contributed by atoms with Crippen molar-refractivity contribution in [1.82, 2.24) is 20.3 Å². The molecule has 1 unspecified atom stereocenters. The van der Waals surface area contributed by atoms with Gasteiger partial charge in [-0.15, -0.1) is 5.10 Å². The zero-order valence-corrected chi connectivity index (χ0v) is 15.5. The highest BCUT2D eigenvalue weighted by Gasteiger charge is 2.30. The molecule has 7 nitrogen and oxygen atoms in total. The first-order valence-electron chi connectivity index (χ1n) is 9.01. The second kappa shape index (κ2) is 8.38. The molecule has 0 aliphatic carbocycles. The van der Waals surface area contributed by atoms with E-state index >= 15 is 0 Å². The molecule has 1 amide bonds. The van der Waals surface area contributed by atoms with Gasteiger partial charge in [0, 0.05) is 18.2 Å². The van der Waals surface area contributed by atoms with Gasteiger partial charge in [0.2, 0.25) is 0 Å². The number of aromatic nitrogens is 3. The predicted octanol–water partition coefficient (Wildman–Crippen LogP) is 4.50. The molecule has 2 aromatic carbocycles. The van der Waals surface area contributed by atoms with Gasteiger partial charge in [0.25, 0.3) is 0 Å². The average molecular weight is 407 g/mol. The minimum Gasteiger partial charge on any atom is -0.465 e. The number of rotatable bonds is 7. The van der Waals surface area contributed by atoms with Crippen LogP contribution in [0.4, 0.5) is 23.7 Å². The Balaban J connectivity index is 1.79. The number of halogens is 3. The molecule has 1 heterocycles. The third kappa shape index (κ3) is 4.95. The number of nitrogens with zero attached hydrogens (tertiary/aromatic N) is 3. The molecule has 0 saturated heterocycles. The number of carbonyl (C=O) groups is 1. The number of hydrogen-bond acceptors (Lipinski definition) is 4. The maximum atomic E-state index is 12.7. The minimum absolute atomic E-state index is 0.216. The van der Waals surface area contributed by atoms with Crippen molar-refractivity contribution < 1.29 is 23.1 Å². The third-order valence-electron chi connectivity index (χ3n) is 4.55. The molecule has 3 N–H and O–H groups in total. The monoisotopic (exact) mass is 407 g/mol. The zero-order valence-electron chi connectivity index (χ0n) is 15.5. The number of fused-ring (bicyclic) bond motifs is 1. The minimum atomic E-state index is -4.40. The molecule has 29 heavy (non-hydrogen) atoms. The van der Waals surface area contributed by atoms with Crippen molar-refractivity contribution in [3.8, 4) is 0 Å². The predicted molar refractivity (Wildman–Crippen MR) is 101 cm³/mol. The molecular formula is C19H20F3N5O2. The third-order valence-corrected chi connectivity index (χ3v) is 4.55. The molecule has 0 spiro atoms. The molecule has 0 radical (unpaired) electrons. The summed E-state index contributed by atoms with van der Waals surface area (Å²) in [5.41, 5.74) is 1.10. The second-order valence-electron chi connectivity index (χ2n) is 6.55. The molecule has 0 aliphatic rings. The van der Waals surface area contributed by atoms with E-state index in [-0.39, 0.29) is 6.04 Å². The summed E-state index contributed by atoms with van der Waals surface area (Å²) in [6, 6.07) is 11.7. The number of nitrogens with one attached hydrogen (secondary N) is 2. The smallest absolute Gasteiger partial charge is 0.416 e. The van der Waals surface area contributed by atoms with Crippen LogP contribution in [0.1, 0.15) is 31.5 Å². The van der Waals surface area contributed by atoms with Crippen LogP contribution < -0.4 is 10.6 Å². The fourth-order valence-electron chi connectivity index (χ4n) is 3.07. The highest BCUT2D eigenvalue weighted by Crippen LogP contribution is 2.30. The first-order valence-corrected chi connectivity index (χ1v) is 9.01. The van der Waals surface area contributed by atoms with Crippen LogP contribution in [-0.2, 0) is 6.18 Å². The molecule has 3 rings (SSSR count). The lowest BCUT2D eigenvalue weighted by Crippen LogP contribution is -2.36. The van der Waals surface area contributed by atoms with Crippen LogP contribution in [0.2, 0.25) is 0 Å². The van der Waals surface area contributed by atoms with E-state index < -0.39 is 24.0 Å². The lowest BCUT2D eigenvalue weighted by Gasteiger charge is -2.25. The highest BCUT2D eigenvalue weighted by molar-refractivity contribution is 5.74. The molecule has 3 aromatic rings.